The van der Waals surface area contributed by atoms with Crippen LogP contribution < -0.4 is 5.73 Å². The Morgan fingerprint density at radius 3 is 2.14 bits per heavy atom. The lowest BCUT2D eigenvalue weighted by Gasteiger charge is -2.12. The van der Waals surface area contributed by atoms with Crippen LogP contribution in [0.5, 0.6) is 0 Å². The van der Waals surface area contributed by atoms with Crippen LogP contribution in [0.2, 0.25) is 10.0 Å². The molecule has 0 saturated carbocycles. The van der Waals surface area contributed by atoms with Gasteiger partial charge in [-0.1, -0.05) is 59.6 Å². The van der Waals surface area contributed by atoms with Crippen molar-refractivity contribution in [3.8, 4) is 11.1 Å². The van der Waals surface area contributed by atoms with Gasteiger partial charge in [0.15, 0.2) is 0 Å². The second-order valence-corrected chi connectivity index (χ2v) is 8.99. The van der Waals surface area contributed by atoms with Crippen LogP contribution in [0.3, 0.4) is 0 Å². The molecule has 0 aliphatic carbocycles. The van der Waals surface area contributed by atoms with Gasteiger partial charge in [-0.05, 0) is 53.6 Å². The summed E-state index contributed by atoms with van der Waals surface area (Å²) in [5.41, 5.74) is 8.92. The first-order chi connectivity index (χ1) is 16.6. The highest BCUT2D eigenvalue weighted by atomic mass is 35.5. The van der Waals surface area contributed by atoms with Crippen molar-refractivity contribution in [2.24, 2.45) is 5.73 Å². The number of carbonyl (C=O) groups is 1. The number of rotatable bonds is 4. The Kier molecular flexibility index (Phi) is 5.74. The largest absolute Gasteiger partial charge is 0.416 e. The van der Waals surface area contributed by atoms with Gasteiger partial charge in [-0.25, -0.2) is 0 Å². The summed E-state index contributed by atoms with van der Waals surface area (Å²) >= 11 is 12.9. The molecule has 3 nitrogen and oxygen atoms in total. The molecule has 0 saturated heterocycles. The van der Waals surface area contributed by atoms with Crippen molar-refractivity contribution < 1.29 is 18.0 Å². The van der Waals surface area contributed by atoms with E-state index in [0.717, 1.165) is 34.1 Å². The van der Waals surface area contributed by atoms with Gasteiger partial charge < -0.3 is 10.3 Å². The molecule has 5 rings (SSSR count). The summed E-state index contributed by atoms with van der Waals surface area (Å²) in [7, 11) is 0. The standard InChI is InChI=1S/C27H17Cl2F3N2O/c28-20-4-2-5-21(29)24(20)16-9-12-18-23(13-16)34(22-6-1-3-19(25(18)22)26(33)35)14-15-7-10-17(11-8-15)27(30,31)32/h1-13H,14H2,(H2,33,35). The number of nitrogens with two attached hydrogens (primary N) is 1. The van der Waals surface area contributed by atoms with E-state index in [4.69, 9.17) is 28.9 Å². The highest BCUT2D eigenvalue weighted by Gasteiger charge is 2.30. The predicted octanol–water partition coefficient (Wildman–Crippen LogP) is 7.93. The number of benzene rings is 4. The SMILES string of the molecule is NC(=O)c1cccc2c1c1ccc(-c3c(Cl)cccc3Cl)cc1n2Cc1ccc(C(F)(F)F)cc1. The van der Waals surface area contributed by atoms with E-state index in [9.17, 15) is 18.0 Å². The molecule has 0 unspecified atom stereocenters. The fraction of sp³-hybridized carbons (Fsp3) is 0.0741. The number of halogens is 5. The van der Waals surface area contributed by atoms with E-state index in [0.29, 0.717) is 32.1 Å². The first kappa shape index (κ1) is 23.3. The highest BCUT2D eigenvalue weighted by molar-refractivity contribution is 6.39. The third-order valence-electron chi connectivity index (χ3n) is 6.03. The molecule has 0 fully saturated rings. The van der Waals surface area contributed by atoms with Gasteiger partial charge in [0, 0.05) is 38.5 Å². The summed E-state index contributed by atoms with van der Waals surface area (Å²) in [6.45, 7) is 0.278. The topological polar surface area (TPSA) is 48.0 Å². The van der Waals surface area contributed by atoms with Crippen molar-refractivity contribution in [2.45, 2.75) is 12.7 Å². The molecular weight excluding hydrogens is 496 g/mol. The molecule has 1 amide bonds. The first-order valence-corrected chi connectivity index (χ1v) is 11.4. The Bertz CT molecular complexity index is 1590. The van der Waals surface area contributed by atoms with E-state index in [-0.39, 0.29) is 6.54 Å². The van der Waals surface area contributed by atoms with Gasteiger partial charge in [0.1, 0.15) is 0 Å². The first-order valence-electron chi connectivity index (χ1n) is 10.6. The van der Waals surface area contributed by atoms with Gasteiger partial charge in [-0.3, -0.25) is 4.79 Å². The van der Waals surface area contributed by atoms with Crippen molar-refractivity contribution in [3.05, 3.63) is 106 Å². The number of hydrogen-bond donors (Lipinski definition) is 1. The van der Waals surface area contributed by atoms with Gasteiger partial charge in [-0.2, -0.15) is 13.2 Å². The molecule has 1 aromatic heterocycles. The normalized spacial score (nSPS) is 11.9. The van der Waals surface area contributed by atoms with Crippen LogP contribution in [0.4, 0.5) is 13.2 Å². The minimum atomic E-state index is -4.41. The van der Waals surface area contributed by atoms with Crippen LogP contribution in [0.15, 0.2) is 78.9 Å². The minimum Gasteiger partial charge on any atom is -0.366 e. The second-order valence-electron chi connectivity index (χ2n) is 8.17. The number of primary amides is 1. The summed E-state index contributed by atoms with van der Waals surface area (Å²) in [5, 5.41) is 2.44. The number of hydrogen-bond acceptors (Lipinski definition) is 1. The number of alkyl halides is 3. The Balaban J connectivity index is 1.75. The van der Waals surface area contributed by atoms with Crippen LogP contribution in [-0.2, 0) is 12.7 Å². The third kappa shape index (κ3) is 4.13. The van der Waals surface area contributed by atoms with Gasteiger partial charge in [0.2, 0.25) is 5.91 Å². The zero-order valence-electron chi connectivity index (χ0n) is 18.0. The molecule has 0 radical (unpaired) electrons. The summed E-state index contributed by atoms with van der Waals surface area (Å²) in [4.78, 5) is 12.2. The summed E-state index contributed by atoms with van der Waals surface area (Å²) in [6, 6.07) is 21.2. The molecule has 8 heteroatoms. The van der Waals surface area contributed by atoms with Crippen molar-refractivity contribution in [3.63, 3.8) is 0 Å². The van der Waals surface area contributed by atoms with Gasteiger partial charge in [0.25, 0.3) is 0 Å². The van der Waals surface area contributed by atoms with E-state index in [2.05, 4.69) is 0 Å². The fourth-order valence-corrected chi connectivity index (χ4v) is 5.05. The number of carbonyl (C=O) groups excluding carboxylic acids is 1. The Morgan fingerprint density at radius 2 is 1.51 bits per heavy atom. The Hall–Kier alpha value is -3.48. The van der Waals surface area contributed by atoms with Gasteiger partial charge >= 0.3 is 6.18 Å². The van der Waals surface area contributed by atoms with E-state index >= 15 is 0 Å². The van der Waals surface area contributed by atoms with E-state index in [1.165, 1.54) is 12.1 Å². The lowest BCUT2D eigenvalue weighted by atomic mass is 10.0. The lowest BCUT2D eigenvalue weighted by molar-refractivity contribution is -0.137. The van der Waals surface area contributed by atoms with Crippen LogP contribution in [0.1, 0.15) is 21.5 Å². The number of amides is 1. The maximum absolute atomic E-state index is 13.0. The predicted molar refractivity (Wildman–Crippen MR) is 134 cm³/mol. The van der Waals surface area contributed by atoms with E-state index < -0.39 is 17.6 Å². The molecule has 0 aliphatic heterocycles. The summed E-state index contributed by atoms with van der Waals surface area (Å²) in [5.74, 6) is -0.567. The lowest BCUT2D eigenvalue weighted by Crippen LogP contribution is -2.11. The monoisotopic (exact) mass is 512 g/mol. The average molecular weight is 513 g/mol. The highest BCUT2D eigenvalue weighted by Crippen LogP contribution is 2.39. The molecule has 1 heterocycles. The molecule has 4 aromatic carbocycles. The van der Waals surface area contributed by atoms with Crippen LogP contribution in [-0.4, -0.2) is 10.5 Å². The molecule has 0 bridgehead atoms. The molecule has 176 valence electrons. The number of nitrogens with zero attached hydrogens (tertiary/aromatic N) is 1. The number of fused-ring (bicyclic) bond motifs is 3. The Labute approximate surface area is 208 Å². The second kappa shape index (κ2) is 8.63. The van der Waals surface area contributed by atoms with E-state index in [1.807, 2.05) is 28.8 Å². The van der Waals surface area contributed by atoms with Crippen molar-refractivity contribution in [2.75, 3.05) is 0 Å². The smallest absolute Gasteiger partial charge is 0.366 e. The molecule has 0 aliphatic rings. The maximum Gasteiger partial charge on any atom is 0.416 e. The molecular formula is C27H17Cl2F3N2O. The fourth-order valence-electron chi connectivity index (χ4n) is 4.43. The average Bonchev–Trinajstić information content (AvgIpc) is 3.12. The third-order valence-corrected chi connectivity index (χ3v) is 6.66. The molecule has 35 heavy (non-hydrogen) atoms. The van der Waals surface area contributed by atoms with Crippen molar-refractivity contribution >= 4 is 50.9 Å². The number of aromatic nitrogens is 1. The zero-order valence-corrected chi connectivity index (χ0v) is 19.5. The van der Waals surface area contributed by atoms with Crippen LogP contribution >= 0.6 is 23.2 Å². The van der Waals surface area contributed by atoms with Gasteiger partial charge in [0.05, 0.1) is 16.6 Å². The quantitative estimate of drug-likeness (QED) is 0.261. The van der Waals surface area contributed by atoms with Crippen molar-refractivity contribution in [1.82, 2.24) is 4.57 Å². The molecule has 2 N–H and O–H groups in total. The van der Waals surface area contributed by atoms with Crippen LogP contribution in [0.25, 0.3) is 32.9 Å². The molecule has 0 spiro atoms. The molecule has 5 aromatic rings. The van der Waals surface area contributed by atoms with Crippen LogP contribution in [0, 0.1) is 0 Å². The van der Waals surface area contributed by atoms with E-state index in [1.54, 1.807) is 30.3 Å². The van der Waals surface area contributed by atoms with Gasteiger partial charge in [-0.15, -0.1) is 0 Å². The van der Waals surface area contributed by atoms with Crippen molar-refractivity contribution in [1.29, 1.82) is 0 Å². The Morgan fingerprint density at radius 1 is 0.857 bits per heavy atom. The zero-order chi connectivity index (χ0) is 24.9. The summed E-state index contributed by atoms with van der Waals surface area (Å²) < 4.78 is 41.1. The summed E-state index contributed by atoms with van der Waals surface area (Å²) in [6.07, 6.45) is -4.41. The molecule has 0 atom stereocenters. The maximum atomic E-state index is 13.0. The minimum absolute atomic E-state index is 0.278.